The molecule has 28 heteroatoms. The number of rotatable bonds is 35. The van der Waals surface area contributed by atoms with Crippen molar-refractivity contribution < 1.29 is 57.8 Å². The van der Waals surface area contributed by atoms with E-state index >= 15 is 0 Å². The van der Waals surface area contributed by atoms with Crippen molar-refractivity contribution in [3.63, 3.8) is 0 Å². The topological polar surface area (TPSA) is 490 Å². The van der Waals surface area contributed by atoms with Gasteiger partial charge in [0.15, 0.2) is 5.96 Å². The zero-order valence-electron chi connectivity index (χ0n) is 46.1. The van der Waals surface area contributed by atoms with Gasteiger partial charge in [0.05, 0.1) is 19.0 Å². The Balaban J connectivity index is 1.59. The Morgan fingerprint density at radius 3 is 1.61 bits per heavy atom. The SMILES string of the molecule is NCCCC[C@H](NC(=O)[C@H](CC(N)=O)NC(=O)[C@H](CCC(N)=O)NC(=O)[C@H](Cc1ccccc1)NC(=O)[C@H](Cc1ccc(O)cc1)NC(=O)[C@@H](N)Cc1ccccc1)C(=O)N1CCC[C@H]1C(=O)N[C@@H](CCCN=C(N)N)C(=O)NCC(N)=O. The number of carbonyl (C=O) groups excluding carboxylic acids is 11. The van der Waals surface area contributed by atoms with Crippen LogP contribution in [-0.4, -0.2) is 155 Å². The van der Waals surface area contributed by atoms with E-state index in [1.807, 2.05) is 0 Å². The fourth-order valence-corrected chi connectivity index (χ4v) is 9.02. The van der Waals surface area contributed by atoms with E-state index in [4.69, 9.17) is 40.1 Å². The second-order valence-corrected chi connectivity index (χ2v) is 20.0. The Bertz CT molecular complexity index is 2730. The number of hydrogen-bond acceptors (Lipinski definition) is 15. The van der Waals surface area contributed by atoms with E-state index in [1.165, 1.54) is 29.2 Å². The van der Waals surface area contributed by atoms with Crippen molar-refractivity contribution in [2.24, 2.45) is 45.1 Å². The van der Waals surface area contributed by atoms with Gasteiger partial charge >= 0.3 is 0 Å². The highest BCUT2D eigenvalue weighted by atomic mass is 16.3. The molecule has 450 valence electrons. The Kier molecular flexibility index (Phi) is 27.3. The lowest BCUT2D eigenvalue weighted by atomic mass is 10.0. The van der Waals surface area contributed by atoms with Crippen LogP contribution in [0.25, 0.3) is 0 Å². The second-order valence-electron chi connectivity index (χ2n) is 20.0. The first-order chi connectivity index (χ1) is 39.5. The number of aromatic hydroxyl groups is 1. The zero-order valence-corrected chi connectivity index (χ0v) is 46.1. The van der Waals surface area contributed by atoms with Crippen LogP contribution in [0.5, 0.6) is 5.75 Å². The molecule has 83 heavy (non-hydrogen) atoms. The van der Waals surface area contributed by atoms with Gasteiger partial charge in [0, 0.05) is 32.4 Å². The fraction of sp³-hybridized carbons (Fsp3) is 0.455. The molecule has 8 atom stereocenters. The third-order valence-electron chi connectivity index (χ3n) is 13.3. The Hall–Kier alpha value is -9.18. The van der Waals surface area contributed by atoms with Crippen LogP contribution in [0, 0.1) is 0 Å². The van der Waals surface area contributed by atoms with Crippen LogP contribution in [-0.2, 0) is 72.0 Å². The second kappa shape index (κ2) is 34.2. The van der Waals surface area contributed by atoms with Gasteiger partial charge in [-0.15, -0.1) is 0 Å². The first kappa shape index (κ1) is 66.3. The Labute approximate surface area is 479 Å². The van der Waals surface area contributed by atoms with E-state index in [2.05, 4.69) is 42.2 Å². The lowest BCUT2D eigenvalue weighted by Crippen LogP contribution is -2.61. The van der Waals surface area contributed by atoms with Gasteiger partial charge < -0.3 is 87.4 Å². The third-order valence-corrected chi connectivity index (χ3v) is 13.3. The standard InChI is InChI=1S/C55H78N16O12/c56-24-8-7-15-39(54(83)71-26-10-17-43(71)53(82)66-37(16-9-25-63-55(61)62)48(77)64-31-46(60)75)67-52(81)42(30-45(59)74)70-49(78)38(22-23-44(58)73)65-50(79)41(28-33-13-5-2-6-14-33)69-51(80)40(29-34-18-20-35(72)21-19-34)68-47(76)36(57)27-32-11-3-1-4-12-32/h1-6,11-14,18-21,36-43,72H,7-10,15-17,22-31,56-57H2,(H2,58,73)(H2,59,74)(H2,60,75)(H,64,77)(H,65,79)(H,66,82)(H,67,81)(H,68,76)(H,69,80)(H,70,78)(H4,61,62,63)/t36-,37-,38-,39-,40-,41-,42-,43-/m0/s1. The largest absolute Gasteiger partial charge is 0.508 e. The number of phenolic OH excluding ortho intramolecular Hbond substituents is 1. The predicted molar refractivity (Wildman–Crippen MR) is 304 cm³/mol. The number of benzene rings is 3. The van der Waals surface area contributed by atoms with E-state index in [-0.39, 0.29) is 82.7 Å². The smallest absolute Gasteiger partial charge is 0.245 e. The summed E-state index contributed by atoms with van der Waals surface area (Å²) in [6.07, 6.45) is -0.537. The maximum absolute atomic E-state index is 14.5. The molecule has 3 aromatic carbocycles. The molecule has 1 heterocycles. The number of nitrogens with zero attached hydrogens (tertiary/aromatic N) is 2. The summed E-state index contributed by atoms with van der Waals surface area (Å²) in [5, 5.41) is 27.9. The molecule has 1 aliphatic rings. The molecule has 0 aromatic heterocycles. The van der Waals surface area contributed by atoms with Crippen LogP contribution in [0.4, 0.5) is 0 Å². The van der Waals surface area contributed by atoms with Crippen LogP contribution in [0.2, 0.25) is 0 Å². The summed E-state index contributed by atoms with van der Waals surface area (Å²) in [5.41, 5.74) is 41.0. The number of amides is 11. The number of primary amides is 3. The Morgan fingerprint density at radius 1 is 0.542 bits per heavy atom. The van der Waals surface area contributed by atoms with Gasteiger partial charge in [-0.3, -0.25) is 57.7 Å². The lowest BCUT2D eigenvalue weighted by Gasteiger charge is -2.31. The highest BCUT2D eigenvalue weighted by Gasteiger charge is 2.40. The van der Waals surface area contributed by atoms with Gasteiger partial charge in [0.25, 0.3) is 0 Å². The van der Waals surface area contributed by atoms with Gasteiger partial charge in [-0.05, 0) is 93.2 Å². The van der Waals surface area contributed by atoms with Gasteiger partial charge in [0.2, 0.25) is 65.0 Å². The third kappa shape index (κ3) is 23.4. The fourth-order valence-electron chi connectivity index (χ4n) is 9.02. The molecule has 0 radical (unpaired) electrons. The molecule has 0 bridgehead atoms. The van der Waals surface area contributed by atoms with Gasteiger partial charge in [-0.1, -0.05) is 72.8 Å². The monoisotopic (exact) mass is 1150 g/mol. The van der Waals surface area contributed by atoms with E-state index in [9.17, 15) is 57.8 Å². The van der Waals surface area contributed by atoms with Crippen LogP contribution in [0.3, 0.4) is 0 Å². The zero-order chi connectivity index (χ0) is 61.0. The van der Waals surface area contributed by atoms with Crippen molar-refractivity contribution in [1.29, 1.82) is 0 Å². The van der Waals surface area contributed by atoms with Gasteiger partial charge in [0.1, 0.15) is 48.0 Å². The van der Waals surface area contributed by atoms with Crippen molar-refractivity contribution in [1.82, 2.24) is 42.1 Å². The molecular weight excluding hydrogens is 1080 g/mol. The molecule has 1 aliphatic heterocycles. The maximum atomic E-state index is 14.5. The highest BCUT2D eigenvalue weighted by Crippen LogP contribution is 2.21. The maximum Gasteiger partial charge on any atom is 0.245 e. The summed E-state index contributed by atoms with van der Waals surface area (Å²) < 4.78 is 0. The summed E-state index contributed by atoms with van der Waals surface area (Å²) in [6.45, 7) is -0.158. The summed E-state index contributed by atoms with van der Waals surface area (Å²) >= 11 is 0. The molecule has 0 unspecified atom stereocenters. The van der Waals surface area contributed by atoms with Crippen molar-refractivity contribution in [3.05, 3.63) is 102 Å². The summed E-state index contributed by atoms with van der Waals surface area (Å²) in [7, 11) is 0. The predicted octanol–water partition coefficient (Wildman–Crippen LogP) is -4.43. The molecule has 0 aliphatic carbocycles. The minimum atomic E-state index is -1.80. The molecule has 4 rings (SSSR count). The van der Waals surface area contributed by atoms with Crippen molar-refractivity contribution in [3.8, 4) is 5.75 Å². The van der Waals surface area contributed by atoms with Crippen molar-refractivity contribution >= 4 is 70.9 Å². The minimum Gasteiger partial charge on any atom is -0.508 e. The summed E-state index contributed by atoms with van der Waals surface area (Å²) in [6, 6.07) is 12.1. The van der Waals surface area contributed by atoms with Crippen LogP contribution < -0.4 is 77.4 Å². The lowest BCUT2D eigenvalue weighted by molar-refractivity contribution is -0.143. The van der Waals surface area contributed by atoms with Gasteiger partial charge in [-0.2, -0.15) is 0 Å². The number of likely N-dealkylation sites (tertiary alicyclic amines) is 1. The first-order valence-corrected chi connectivity index (χ1v) is 27.2. The molecule has 22 N–H and O–H groups in total. The molecule has 28 nitrogen and oxygen atoms in total. The molecule has 0 spiro atoms. The molecular formula is C55H78N16O12. The number of hydrogen-bond donors (Lipinski definition) is 15. The first-order valence-electron chi connectivity index (χ1n) is 27.2. The number of guanidine groups is 1. The number of carbonyl (C=O) groups is 11. The number of phenols is 1. The number of nitrogens with one attached hydrogen (secondary N) is 7. The van der Waals surface area contributed by atoms with E-state index in [1.54, 1.807) is 60.7 Å². The van der Waals surface area contributed by atoms with Crippen LogP contribution in [0.1, 0.15) is 80.9 Å². The molecule has 3 aromatic rings. The summed E-state index contributed by atoms with van der Waals surface area (Å²) in [4.78, 5) is 154. The quantitative estimate of drug-likeness (QED) is 0.0150. The van der Waals surface area contributed by atoms with E-state index < -0.39 is 139 Å². The number of aliphatic imine (C=N–C) groups is 1. The van der Waals surface area contributed by atoms with Gasteiger partial charge in [-0.25, -0.2) is 0 Å². The average Bonchev–Trinajstić information content (AvgIpc) is 4.04. The molecule has 11 amide bonds. The molecule has 1 saturated heterocycles. The number of nitrogens with two attached hydrogens (primary N) is 7. The van der Waals surface area contributed by atoms with Crippen LogP contribution in [0.15, 0.2) is 89.9 Å². The van der Waals surface area contributed by atoms with E-state index in [0.29, 0.717) is 24.0 Å². The Morgan fingerprint density at radius 2 is 1.05 bits per heavy atom. The molecule has 0 saturated carbocycles. The van der Waals surface area contributed by atoms with Crippen LogP contribution >= 0.6 is 0 Å². The van der Waals surface area contributed by atoms with Crippen molar-refractivity contribution in [2.75, 3.05) is 26.2 Å². The van der Waals surface area contributed by atoms with Crippen molar-refractivity contribution in [2.45, 2.75) is 132 Å². The highest BCUT2D eigenvalue weighted by molar-refractivity contribution is 5.99. The normalized spacial score (nSPS) is 15.3. The van der Waals surface area contributed by atoms with E-state index in [0.717, 1.165) is 5.56 Å². The molecule has 1 fully saturated rings. The summed E-state index contributed by atoms with van der Waals surface area (Å²) in [5.74, 6) is -9.89. The number of unbranched alkanes of at least 4 members (excludes halogenated alkanes) is 1. The minimum absolute atomic E-state index is 0.0207. The average molecular weight is 1160 g/mol.